The van der Waals surface area contributed by atoms with Gasteiger partial charge in [0.2, 0.25) is 6.20 Å². The highest BCUT2D eigenvalue weighted by molar-refractivity contribution is 9.11. The summed E-state index contributed by atoms with van der Waals surface area (Å²) in [5.41, 5.74) is 0.701. The fraction of sp³-hybridized carbons (Fsp3) is 0. The van der Waals surface area contributed by atoms with Gasteiger partial charge in [0.15, 0.2) is 0 Å². The Kier molecular flexibility index (Phi) is 3.56. The molecule has 0 N–H and O–H groups in total. The maximum Gasteiger partial charge on any atom is 0.235 e. The lowest BCUT2D eigenvalue weighted by molar-refractivity contribution is -0.400. The Labute approximate surface area is 91.1 Å². The number of halogens is 2. The number of pyridine rings is 1. The number of nitro groups is 1. The van der Waals surface area contributed by atoms with Crippen LogP contribution in [-0.2, 0) is 0 Å². The van der Waals surface area contributed by atoms with Crippen molar-refractivity contribution < 1.29 is 4.92 Å². The lowest BCUT2D eigenvalue weighted by atomic mass is 10.3. The van der Waals surface area contributed by atoms with E-state index in [4.69, 9.17) is 0 Å². The van der Waals surface area contributed by atoms with Crippen molar-refractivity contribution in [2.45, 2.75) is 0 Å². The molecule has 0 unspecified atom stereocenters. The molecule has 6 heteroatoms. The van der Waals surface area contributed by atoms with Gasteiger partial charge >= 0.3 is 0 Å². The predicted molar refractivity (Wildman–Crippen MR) is 55.7 cm³/mol. The van der Waals surface area contributed by atoms with Crippen molar-refractivity contribution in [3.63, 3.8) is 0 Å². The molecule has 0 aliphatic heterocycles. The van der Waals surface area contributed by atoms with Crippen molar-refractivity contribution in [2.24, 2.45) is 0 Å². The molecule has 13 heavy (non-hydrogen) atoms. The monoisotopic (exact) mass is 306 g/mol. The van der Waals surface area contributed by atoms with Crippen molar-refractivity contribution in [3.05, 3.63) is 43.2 Å². The third kappa shape index (κ3) is 2.89. The molecule has 0 saturated carbocycles. The van der Waals surface area contributed by atoms with E-state index in [9.17, 15) is 10.1 Å². The molecule has 68 valence electrons. The Balaban J connectivity index is 3.06. The van der Waals surface area contributed by atoms with E-state index in [0.717, 1.165) is 6.20 Å². The largest absolute Gasteiger partial charge is 0.262 e. The van der Waals surface area contributed by atoms with Crippen LogP contribution in [0.5, 0.6) is 0 Å². The molecule has 1 rings (SSSR count). The second kappa shape index (κ2) is 4.48. The summed E-state index contributed by atoms with van der Waals surface area (Å²) >= 11 is 6.46. The minimum Gasteiger partial charge on any atom is -0.262 e. The fourth-order valence-corrected chi connectivity index (χ4v) is 1.91. The summed E-state index contributed by atoms with van der Waals surface area (Å²) < 4.78 is 1.42. The number of hydrogen-bond acceptors (Lipinski definition) is 3. The summed E-state index contributed by atoms with van der Waals surface area (Å²) in [6.45, 7) is 0. The molecule has 1 aromatic heterocycles. The smallest absolute Gasteiger partial charge is 0.235 e. The van der Waals surface area contributed by atoms with E-state index >= 15 is 0 Å². The fourth-order valence-electron chi connectivity index (χ4n) is 0.716. The molecular weight excluding hydrogens is 304 g/mol. The first-order chi connectivity index (χ1) is 6.11. The van der Waals surface area contributed by atoms with E-state index in [2.05, 4.69) is 36.8 Å². The number of nitrogens with zero attached hydrogens (tertiary/aromatic N) is 2. The topological polar surface area (TPSA) is 56.0 Å². The van der Waals surface area contributed by atoms with Gasteiger partial charge < -0.3 is 0 Å². The molecule has 0 saturated heterocycles. The van der Waals surface area contributed by atoms with Gasteiger partial charge in [0, 0.05) is 33.0 Å². The Morgan fingerprint density at radius 1 is 1.38 bits per heavy atom. The van der Waals surface area contributed by atoms with Gasteiger partial charge in [0.25, 0.3) is 0 Å². The lowest BCUT2D eigenvalue weighted by Crippen LogP contribution is -1.85. The molecule has 0 spiro atoms. The standard InChI is InChI=1S/C7H4Br2N2O2/c8-6-3-10-4-7(9)5(6)1-2-11(12)13/h1-4H/b2-1+. The molecule has 1 heterocycles. The van der Waals surface area contributed by atoms with Crippen LogP contribution < -0.4 is 0 Å². The minimum absolute atomic E-state index is 0.515. The molecule has 0 amide bonds. The van der Waals surface area contributed by atoms with Gasteiger partial charge in [-0.1, -0.05) is 0 Å². The second-order valence-corrected chi connectivity index (χ2v) is 3.83. The first kappa shape index (κ1) is 10.3. The molecule has 0 radical (unpaired) electrons. The van der Waals surface area contributed by atoms with Crippen molar-refractivity contribution in [1.82, 2.24) is 4.98 Å². The quantitative estimate of drug-likeness (QED) is 0.623. The third-order valence-corrected chi connectivity index (χ3v) is 2.52. The minimum atomic E-state index is -0.515. The SMILES string of the molecule is O=[N+]([O-])/C=C/c1c(Br)cncc1Br. The number of aromatic nitrogens is 1. The van der Waals surface area contributed by atoms with Crippen molar-refractivity contribution in [3.8, 4) is 0 Å². The highest BCUT2D eigenvalue weighted by atomic mass is 79.9. The normalized spacial score (nSPS) is 10.6. The summed E-state index contributed by atoms with van der Waals surface area (Å²) in [6, 6.07) is 0. The molecule has 0 aliphatic rings. The summed E-state index contributed by atoms with van der Waals surface area (Å²) in [5.74, 6) is 0. The molecular formula is C7H4Br2N2O2. The first-order valence-corrected chi connectivity index (χ1v) is 4.80. The molecule has 0 aliphatic carbocycles. The van der Waals surface area contributed by atoms with Crippen LogP contribution in [0, 0.1) is 10.1 Å². The van der Waals surface area contributed by atoms with Crippen LogP contribution in [0.25, 0.3) is 6.08 Å². The number of rotatable bonds is 2. The van der Waals surface area contributed by atoms with Crippen molar-refractivity contribution >= 4 is 37.9 Å². The Morgan fingerprint density at radius 2 is 1.92 bits per heavy atom. The predicted octanol–water partition coefficient (Wildman–Crippen LogP) is 2.85. The van der Waals surface area contributed by atoms with Gasteiger partial charge in [-0.15, -0.1) is 0 Å². The van der Waals surface area contributed by atoms with Crippen LogP contribution in [0.3, 0.4) is 0 Å². The van der Waals surface area contributed by atoms with Crippen LogP contribution in [-0.4, -0.2) is 9.91 Å². The first-order valence-electron chi connectivity index (χ1n) is 3.22. The summed E-state index contributed by atoms with van der Waals surface area (Å²) in [4.78, 5) is 13.4. The van der Waals surface area contributed by atoms with Crippen LogP contribution >= 0.6 is 31.9 Å². The maximum absolute atomic E-state index is 10.1. The van der Waals surface area contributed by atoms with Gasteiger partial charge in [-0.3, -0.25) is 15.1 Å². The third-order valence-electron chi connectivity index (χ3n) is 1.25. The zero-order chi connectivity index (χ0) is 9.84. The van der Waals surface area contributed by atoms with Crippen molar-refractivity contribution in [2.75, 3.05) is 0 Å². The maximum atomic E-state index is 10.1. The van der Waals surface area contributed by atoms with Crippen LogP contribution in [0.1, 0.15) is 5.56 Å². The van der Waals surface area contributed by atoms with Crippen LogP contribution in [0.15, 0.2) is 27.5 Å². The molecule has 0 aromatic carbocycles. The molecule has 4 nitrogen and oxygen atoms in total. The van der Waals surface area contributed by atoms with Crippen LogP contribution in [0.2, 0.25) is 0 Å². The second-order valence-electron chi connectivity index (χ2n) is 2.12. The van der Waals surface area contributed by atoms with Gasteiger partial charge in [0.05, 0.1) is 4.92 Å². The molecule has 0 atom stereocenters. The Morgan fingerprint density at radius 3 is 2.38 bits per heavy atom. The lowest BCUT2D eigenvalue weighted by Gasteiger charge is -1.98. The summed E-state index contributed by atoms with van der Waals surface area (Å²) in [5, 5.41) is 10.1. The molecule has 0 fully saturated rings. The average Bonchev–Trinajstić information content (AvgIpc) is 2.03. The van der Waals surface area contributed by atoms with Crippen molar-refractivity contribution in [1.29, 1.82) is 0 Å². The van der Waals surface area contributed by atoms with Gasteiger partial charge in [-0.2, -0.15) is 0 Å². The number of hydrogen-bond donors (Lipinski definition) is 0. The average molecular weight is 308 g/mol. The van der Waals surface area contributed by atoms with E-state index in [1.54, 1.807) is 12.4 Å². The van der Waals surface area contributed by atoms with E-state index in [1.165, 1.54) is 6.08 Å². The zero-order valence-corrected chi connectivity index (χ0v) is 9.45. The summed E-state index contributed by atoms with van der Waals surface area (Å²) in [7, 11) is 0. The van der Waals surface area contributed by atoms with E-state index in [0.29, 0.717) is 14.5 Å². The Bertz CT molecular complexity index is 345. The highest BCUT2D eigenvalue weighted by Crippen LogP contribution is 2.24. The summed E-state index contributed by atoms with van der Waals surface area (Å²) in [6.07, 6.45) is 5.43. The molecule has 0 bridgehead atoms. The Hall–Kier alpha value is -0.750. The highest BCUT2D eigenvalue weighted by Gasteiger charge is 2.02. The van der Waals surface area contributed by atoms with E-state index in [-0.39, 0.29) is 0 Å². The zero-order valence-electron chi connectivity index (χ0n) is 6.28. The van der Waals surface area contributed by atoms with E-state index < -0.39 is 4.92 Å². The van der Waals surface area contributed by atoms with Gasteiger partial charge in [0.1, 0.15) is 0 Å². The molecule has 1 aromatic rings. The van der Waals surface area contributed by atoms with Gasteiger partial charge in [-0.25, -0.2) is 0 Å². The van der Waals surface area contributed by atoms with Gasteiger partial charge in [-0.05, 0) is 31.9 Å². The van der Waals surface area contributed by atoms with E-state index in [1.807, 2.05) is 0 Å². The van der Waals surface area contributed by atoms with Crippen LogP contribution in [0.4, 0.5) is 0 Å².